The third-order valence-electron chi connectivity index (χ3n) is 5.65. The van der Waals surface area contributed by atoms with Crippen LogP contribution in [0, 0.1) is 11.8 Å². The predicted octanol–water partition coefficient (Wildman–Crippen LogP) is 3.87. The van der Waals surface area contributed by atoms with Crippen LogP contribution in [0.15, 0.2) is 47.1 Å². The molecule has 0 bridgehead atoms. The summed E-state index contributed by atoms with van der Waals surface area (Å²) < 4.78 is 5.07. The molecule has 3 N–H and O–H groups in total. The average Bonchev–Trinajstić information content (AvgIpc) is 3.32. The van der Waals surface area contributed by atoms with E-state index in [1.165, 1.54) is 12.7 Å². The predicted molar refractivity (Wildman–Crippen MR) is 118 cm³/mol. The van der Waals surface area contributed by atoms with Gasteiger partial charge in [-0.3, -0.25) is 14.4 Å². The standard InChI is InChI=1S/C24H31N3O4/c1-16(2)21(27-22(28)18-7-4-3-5-8-18)24(30)25-15-17-10-12-19(13-11-17)26-23(29)20-9-6-14-31-20/h6,9-14,16,18,21H,3-5,7-8,15H2,1-2H3,(H,25,30)(H,26,29)(H,27,28). The van der Waals surface area contributed by atoms with Crippen LogP contribution in [-0.4, -0.2) is 23.8 Å². The fourth-order valence-electron chi connectivity index (χ4n) is 3.78. The smallest absolute Gasteiger partial charge is 0.291 e. The van der Waals surface area contributed by atoms with Crippen LogP contribution in [0.2, 0.25) is 0 Å². The number of rotatable bonds is 8. The van der Waals surface area contributed by atoms with Gasteiger partial charge in [-0.25, -0.2) is 0 Å². The van der Waals surface area contributed by atoms with Crippen LogP contribution in [-0.2, 0) is 16.1 Å². The molecule has 1 fully saturated rings. The molecule has 1 atom stereocenters. The highest BCUT2D eigenvalue weighted by Crippen LogP contribution is 2.24. The van der Waals surface area contributed by atoms with E-state index in [1.54, 1.807) is 24.3 Å². The maximum atomic E-state index is 12.7. The third-order valence-corrected chi connectivity index (χ3v) is 5.65. The van der Waals surface area contributed by atoms with Crippen LogP contribution in [0.4, 0.5) is 5.69 Å². The first-order chi connectivity index (χ1) is 14.9. The summed E-state index contributed by atoms with van der Waals surface area (Å²) >= 11 is 0. The Labute approximate surface area is 183 Å². The van der Waals surface area contributed by atoms with Gasteiger partial charge in [-0.1, -0.05) is 45.2 Å². The molecule has 1 aliphatic rings. The second kappa shape index (κ2) is 10.8. The highest BCUT2D eigenvalue weighted by Gasteiger charge is 2.28. The number of amides is 3. The molecule has 1 aromatic heterocycles. The van der Waals surface area contributed by atoms with E-state index < -0.39 is 6.04 Å². The topological polar surface area (TPSA) is 100 Å². The first-order valence-corrected chi connectivity index (χ1v) is 11.0. The maximum Gasteiger partial charge on any atom is 0.291 e. The lowest BCUT2D eigenvalue weighted by atomic mass is 9.88. The quantitative estimate of drug-likeness (QED) is 0.598. The van der Waals surface area contributed by atoms with Gasteiger partial charge in [0, 0.05) is 18.2 Å². The number of benzene rings is 1. The molecule has 7 heteroatoms. The lowest BCUT2D eigenvalue weighted by Crippen LogP contribution is -2.51. The van der Waals surface area contributed by atoms with Crippen LogP contribution in [0.5, 0.6) is 0 Å². The number of carbonyl (C=O) groups excluding carboxylic acids is 3. The van der Waals surface area contributed by atoms with Crippen LogP contribution < -0.4 is 16.0 Å². The van der Waals surface area contributed by atoms with Gasteiger partial charge >= 0.3 is 0 Å². The molecule has 2 aromatic rings. The van der Waals surface area contributed by atoms with Gasteiger partial charge in [0.1, 0.15) is 6.04 Å². The number of nitrogens with one attached hydrogen (secondary N) is 3. The first kappa shape index (κ1) is 22.6. The van der Waals surface area contributed by atoms with Gasteiger partial charge in [-0.05, 0) is 48.6 Å². The molecule has 0 saturated heterocycles. The van der Waals surface area contributed by atoms with Gasteiger partial charge in [0.05, 0.1) is 6.26 Å². The summed E-state index contributed by atoms with van der Waals surface area (Å²) in [5, 5.41) is 8.63. The summed E-state index contributed by atoms with van der Waals surface area (Å²) in [7, 11) is 0. The fraction of sp³-hybridized carbons (Fsp3) is 0.458. The van der Waals surface area contributed by atoms with E-state index >= 15 is 0 Å². The molecule has 1 saturated carbocycles. The number of anilines is 1. The minimum Gasteiger partial charge on any atom is -0.459 e. The Morgan fingerprint density at radius 2 is 1.74 bits per heavy atom. The van der Waals surface area contributed by atoms with Gasteiger partial charge < -0.3 is 20.4 Å². The van der Waals surface area contributed by atoms with Crippen molar-refractivity contribution < 1.29 is 18.8 Å². The van der Waals surface area contributed by atoms with E-state index in [1.807, 2.05) is 26.0 Å². The molecule has 3 rings (SSSR count). The summed E-state index contributed by atoms with van der Waals surface area (Å²) in [5.41, 5.74) is 1.53. The lowest BCUT2D eigenvalue weighted by Gasteiger charge is -2.26. The zero-order chi connectivity index (χ0) is 22.2. The molecule has 1 heterocycles. The van der Waals surface area contributed by atoms with E-state index in [4.69, 9.17) is 4.42 Å². The van der Waals surface area contributed by atoms with Gasteiger partial charge in [-0.15, -0.1) is 0 Å². The molecule has 31 heavy (non-hydrogen) atoms. The number of carbonyl (C=O) groups is 3. The molecule has 0 radical (unpaired) electrons. The summed E-state index contributed by atoms with van der Waals surface area (Å²) in [6, 6.07) is 9.91. The largest absolute Gasteiger partial charge is 0.459 e. The van der Waals surface area contributed by atoms with Crippen molar-refractivity contribution in [3.63, 3.8) is 0 Å². The molecule has 7 nitrogen and oxygen atoms in total. The summed E-state index contributed by atoms with van der Waals surface area (Å²) in [6.07, 6.45) is 6.59. The van der Waals surface area contributed by atoms with Crippen molar-refractivity contribution >= 4 is 23.4 Å². The van der Waals surface area contributed by atoms with Crippen molar-refractivity contribution in [3.05, 3.63) is 54.0 Å². The zero-order valence-corrected chi connectivity index (χ0v) is 18.1. The number of hydrogen-bond acceptors (Lipinski definition) is 4. The molecular formula is C24H31N3O4. The van der Waals surface area contributed by atoms with Crippen molar-refractivity contribution in [1.29, 1.82) is 0 Å². The molecule has 1 aliphatic carbocycles. The van der Waals surface area contributed by atoms with Gasteiger partial charge in [0.15, 0.2) is 5.76 Å². The average molecular weight is 426 g/mol. The fourth-order valence-corrected chi connectivity index (χ4v) is 3.78. The monoisotopic (exact) mass is 425 g/mol. The van der Waals surface area contributed by atoms with Crippen LogP contribution in [0.3, 0.4) is 0 Å². The van der Waals surface area contributed by atoms with Crippen LogP contribution in [0.1, 0.15) is 62.1 Å². The third kappa shape index (κ3) is 6.44. The summed E-state index contributed by atoms with van der Waals surface area (Å²) in [4.78, 5) is 37.3. The Morgan fingerprint density at radius 3 is 2.35 bits per heavy atom. The molecule has 166 valence electrons. The van der Waals surface area contributed by atoms with E-state index in [0.717, 1.165) is 31.2 Å². The SMILES string of the molecule is CC(C)C(NC(=O)C1CCCCC1)C(=O)NCc1ccc(NC(=O)c2ccco2)cc1. The van der Waals surface area contributed by atoms with Gasteiger partial charge in [0.25, 0.3) is 5.91 Å². The first-order valence-electron chi connectivity index (χ1n) is 11.0. The molecule has 3 amide bonds. The highest BCUT2D eigenvalue weighted by molar-refractivity contribution is 6.02. The second-order valence-electron chi connectivity index (χ2n) is 8.41. The minimum absolute atomic E-state index is 0.00766. The maximum absolute atomic E-state index is 12.7. The van der Waals surface area contributed by atoms with Crippen molar-refractivity contribution in [2.75, 3.05) is 5.32 Å². The van der Waals surface area contributed by atoms with Gasteiger partial charge in [-0.2, -0.15) is 0 Å². The van der Waals surface area contributed by atoms with Crippen molar-refractivity contribution in [3.8, 4) is 0 Å². The molecule has 1 aromatic carbocycles. The number of hydrogen-bond donors (Lipinski definition) is 3. The van der Waals surface area contributed by atoms with Crippen LogP contribution >= 0.6 is 0 Å². The molecule has 1 unspecified atom stereocenters. The normalized spacial score (nSPS) is 15.3. The summed E-state index contributed by atoms with van der Waals surface area (Å²) in [5.74, 6) is -0.260. The Morgan fingerprint density at radius 1 is 1.03 bits per heavy atom. The Kier molecular flexibility index (Phi) is 7.87. The minimum atomic E-state index is -0.554. The molecular weight excluding hydrogens is 394 g/mol. The van der Waals surface area contributed by atoms with E-state index in [2.05, 4.69) is 16.0 Å². The Balaban J connectivity index is 1.50. The van der Waals surface area contributed by atoms with E-state index in [0.29, 0.717) is 12.2 Å². The molecule has 0 spiro atoms. The number of furan rings is 1. The van der Waals surface area contributed by atoms with Crippen molar-refractivity contribution in [2.45, 2.75) is 58.5 Å². The molecule has 0 aliphatic heterocycles. The Hall–Kier alpha value is -3.09. The second-order valence-corrected chi connectivity index (χ2v) is 8.41. The van der Waals surface area contributed by atoms with Gasteiger partial charge in [0.2, 0.25) is 11.8 Å². The zero-order valence-electron chi connectivity index (χ0n) is 18.1. The Bertz CT molecular complexity index is 869. The summed E-state index contributed by atoms with van der Waals surface area (Å²) in [6.45, 7) is 4.21. The lowest BCUT2D eigenvalue weighted by molar-refractivity contribution is -0.132. The van der Waals surface area contributed by atoms with Crippen molar-refractivity contribution in [2.24, 2.45) is 11.8 Å². The highest BCUT2D eigenvalue weighted by atomic mass is 16.3. The van der Waals surface area contributed by atoms with Crippen molar-refractivity contribution in [1.82, 2.24) is 10.6 Å². The van der Waals surface area contributed by atoms with E-state index in [-0.39, 0.29) is 35.3 Å². The van der Waals surface area contributed by atoms with Crippen LogP contribution in [0.25, 0.3) is 0 Å². The van der Waals surface area contributed by atoms with E-state index in [9.17, 15) is 14.4 Å².